The van der Waals surface area contributed by atoms with E-state index in [1.54, 1.807) is 18.2 Å². The zero-order chi connectivity index (χ0) is 19.9. The Morgan fingerprint density at radius 2 is 1.43 bits per heavy atom. The maximum absolute atomic E-state index is 12.9. The van der Waals surface area contributed by atoms with Gasteiger partial charge in [-0.1, -0.05) is 66.8 Å². The number of carbonyl (C=O) groups is 2. The van der Waals surface area contributed by atoms with Gasteiger partial charge in [0.25, 0.3) is 11.8 Å². The van der Waals surface area contributed by atoms with Crippen molar-refractivity contribution in [3.8, 4) is 0 Å². The molecule has 2 aromatic rings. The van der Waals surface area contributed by atoms with Crippen molar-refractivity contribution in [2.75, 3.05) is 0 Å². The molecule has 3 rings (SSSR count). The van der Waals surface area contributed by atoms with E-state index in [1.807, 2.05) is 50.2 Å². The summed E-state index contributed by atoms with van der Waals surface area (Å²) in [5, 5.41) is 5.91. The molecule has 4 heteroatoms. The van der Waals surface area contributed by atoms with Gasteiger partial charge in [-0.3, -0.25) is 9.59 Å². The van der Waals surface area contributed by atoms with Crippen molar-refractivity contribution in [2.45, 2.75) is 52.0 Å². The van der Waals surface area contributed by atoms with E-state index in [9.17, 15) is 9.59 Å². The number of nitrogens with one attached hydrogen (secondary N) is 2. The molecule has 0 radical (unpaired) electrons. The molecule has 0 spiro atoms. The highest BCUT2D eigenvalue weighted by molar-refractivity contribution is 6.05. The molecule has 0 heterocycles. The Kier molecular flexibility index (Phi) is 6.64. The van der Waals surface area contributed by atoms with Crippen LogP contribution in [-0.4, -0.2) is 17.9 Å². The fourth-order valence-corrected chi connectivity index (χ4v) is 3.40. The molecule has 146 valence electrons. The third-order valence-corrected chi connectivity index (χ3v) is 5.14. The lowest BCUT2D eigenvalue weighted by Crippen LogP contribution is -2.41. The lowest BCUT2D eigenvalue weighted by molar-refractivity contribution is -0.118. The van der Waals surface area contributed by atoms with E-state index in [-0.39, 0.29) is 23.6 Å². The summed E-state index contributed by atoms with van der Waals surface area (Å²) in [7, 11) is 0. The van der Waals surface area contributed by atoms with Crippen LogP contribution in [0.4, 0.5) is 0 Å². The molecule has 1 saturated carbocycles. The fourth-order valence-electron chi connectivity index (χ4n) is 3.40. The summed E-state index contributed by atoms with van der Waals surface area (Å²) >= 11 is 0. The van der Waals surface area contributed by atoms with Crippen LogP contribution >= 0.6 is 0 Å². The summed E-state index contributed by atoms with van der Waals surface area (Å²) in [5.41, 5.74) is 3.92. The van der Waals surface area contributed by atoms with E-state index >= 15 is 0 Å². The first-order valence-corrected chi connectivity index (χ1v) is 9.98. The van der Waals surface area contributed by atoms with Crippen LogP contribution in [-0.2, 0) is 4.79 Å². The van der Waals surface area contributed by atoms with Gasteiger partial charge in [0.15, 0.2) is 0 Å². The summed E-state index contributed by atoms with van der Waals surface area (Å²) in [6.07, 6.45) is 7.23. The number of carbonyl (C=O) groups excluding carboxylic acids is 2. The Bertz CT molecular complexity index is 845. The molecule has 4 nitrogen and oxygen atoms in total. The zero-order valence-corrected chi connectivity index (χ0v) is 16.6. The van der Waals surface area contributed by atoms with E-state index in [0.29, 0.717) is 5.56 Å². The Labute approximate surface area is 167 Å². The average molecular weight is 377 g/mol. The van der Waals surface area contributed by atoms with Gasteiger partial charge in [0.05, 0.1) is 0 Å². The molecular weight excluding hydrogens is 348 g/mol. The summed E-state index contributed by atoms with van der Waals surface area (Å²) in [5.74, 6) is -0.509. The van der Waals surface area contributed by atoms with Crippen LogP contribution in [0.5, 0.6) is 0 Å². The van der Waals surface area contributed by atoms with Crippen LogP contribution in [0.1, 0.15) is 59.2 Å². The number of rotatable bonds is 5. The monoisotopic (exact) mass is 376 g/mol. The predicted molar refractivity (Wildman–Crippen MR) is 113 cm³/mol. The van der Waals surface area contributed by atoms with Crippen LogP contribution in [0.3, 0.4) is 0 Å². The largest absolute Gasteiger partial charge is 0.348 e. The average Bonchev–Trinajstić information content (AvgIpc) is 2.70. The van der Waals surface area contributed by atoms with Gasteiger partial charge in [0.1, 0.15) is 5.70 Å². The number of benzene rings is 2. The second-order valence-electron chi connectivity index (χ2n) is 7.60. The first-order chi connectivity index (χ1) is 13.5. The second kappa shape index (κ2) is 9.36. The van der Waals surface area contributed by atoms with Gasteiger partial charge in [-0.2, -0.15) is 0 Å². The molecule has 2 aromatic carbocycles. The highest BCUT2D eigenvalue weighted by atomic mass is 16.2. The van der Waals surface area contributed by atoms with Gasteiger partial charge in [-0.15, -0.1) is 0 Å². The summed E-state index contributed by atoms with van der Waals surface area (Å²) in [6.45, 7) is 3.99. The predicted octanol–water partition coefficient (Wildman–Crippen LogP) is 4.52. The fraction of sp³-hybridized carbons (Fsp3) is 0.333. The summed E-state index contributed by atoms with van der Waals surface area (Å²) in [6, 6.07) is 15.4. The van der Waals surface area contributed by atoms with Crippen LogP contribution in [0.2, 0.25) is 0 Å². The zero-order valence-electron chi connectivity index (χ0n) is 16.6. The molecule has 2 N–H and O–H groups in total. The molecule has 0 unspecified atom stereocenters. The van der Waals surface area contributed by atoms with Gasteiger partial charge >= 0.3 is 0 Å². The third kappa shape index (κ3) is 5.56. The first kappa shape index (κ1) is 19.9. The Morgan fingerprint density at radius 1 is 0.857 bits per heavy atom. The molecule has 0 aliphatic heterocycles. The SMILES string of the molecule is Cc1ccc(/C=C(\NC(=O)c2ccc(C)cc2)C(=O)NC2CCCCC2)cc1. The van der Waals surface area contributed by atoms with Gasteiger partial charge in [-0.05, 0) is 50.5 Å². The van der Waals surface area contributed by atoms with Crippen molar-refractivity contribution in [2.24, 2.45) is 0 Å². The Morgan fingerprint density at radius 3 is 2.04 bits per heavy atom. The number of hydrogen-bond acceptors (Lipinski definition) is 2. The summed E-state index contributed by atoms with van der Waals surface area (Å²) < 4.78 is 0. The van der Waals surface area contributed by atoms with Crippen molar-refractivity contribution >= 4 is 17.9 Å². The Hall–Kier alpha value is -2.88. The molecule has 1 fully saturated rings. The van der Waals surface area contributed by atoms with Crippen molar-refractivity contribution in [3.05, 3.63) is 76.5 Å². The molecule has 28 heavy (non-hydrogen) atoms. The lowest BCUT2D eigenvalue weighted by atomic mass is 9.95. The minimum Gasteiger partial charge on any atom is -0.348 e. The van der Waals surface area contributed by atoms with Crippen molar-refractivity contribution < 1.29 is 9.59 Å². The van der Waals surface area contributed by atoms with Crippen molar-refractivity contribution in [1.29, 1.82) is 0 Å². The topological polar surface area (TPSA) is 58.2 Å². The number of amides is 2. The lowest BCUT2D eigenvalue weighted by Gasteiger charge is -2.23. The van der Waals surface area contributed by atoms with Crippen molar-refractivity contribution in [1.82, 2.24) is 10.6 Å². The smallest absolute Gasteiger partial charge is 0.268 e. The van der Waals surface area contributed by atoms with Gasteiger partial charge < -0.3 is 10.6 Å². The molecular formula is C24H28N2O2. The quantitative estimate of drug-likeness (QED) is 0.754. The standard InChI is InChI=1S/C24H28N2O2/c1-17-8-12-19(13-9-17)16-22(24(28)25-21-6-4-3-5-7-21)26-23(27)20-14-10-18(2)11-15-20/h8-16,21H,3-7H2,1-2H3,(H,25,28)(H,26,27)/b22-16-. The van der Waals surface area contributed by atoms with Crippen LogP contribution < -0.4 is 10.6 Å². The highest BCUT2D eigenvalue weighted by Crippen LogP contribution is 2.18. The first-order valence-electron chi connectivity index (χ1n) is 9.98. The van der Waals surface area contributed by atoms with Gasteiger partial charge in [0.2, 0.25) is 0 Å². The molecule has 0 saturated heterocycles. The van der Waals surface area contributed by atoms with Gasteiger partial charge in [-0.25, -0.2) is 0 Å². The van der Waals surface area contributed by atoms with E-state index in [4.69, 9.17) is 0 Å². The number of aryl methyl sites for hydroxylation is 2. The van der Waals surface area contributed by atoms with Crippen LogP contribution in [0.15, 0.2) is 54.2 Å². The maximum Gasteiger partial charge on any atom is 0.268 e. The highest BCUT2D eigenvalue weighted by Gasteiger charge is 2.20. The van der Waals surface area contributed by atoms with E-state index in [0.717, 1.165) is 42.4 Å². The minimum absolute atomic E-state index is 0.180. The number of hydrogen-bond donors (Lipinski definition) is 2. The molecule has 0 atom stereocenters. The Balaban J connectivity index is 1.80. The van der Waals surface area contributed by atoms with Crippen LogP contribution in [0, 0.1) is 13.8 Å². The minimum atomic E-state index is -0.280. The van der Waals surface area contributed by atoms with Crippen molar-refractivity contribution in [3.63, 3.8) is 0 Å². The van der Waals surface area contributed by atoms with Crippen LogP contribution in [0.25, 0.3) is 6.08 Å². The molecule has 2 amide bonds. The normalized spacial score (nSPS) is 15.1. The van der Waals surface area contributed by atoms with E-state index in [1.165, 1.54) is 6.42 Å². The van der Waals surface area contributed by atoms with Gasteiger partial charge in [0, 0.05) is 11.6 Å². The molecule has 1 aliphatic rings. The van der Waals surface area contributed by atoms with E-state index in [2.05, 4.69) is 10.6 Å². The third-order valence-electron chi connectivity index (χ3n) is 5.14. The molecule has 0 bridgehead atoms. The second-order valence-corrected chi connectivity index (χ2v) is 7.60. The van der Waals surface area contributed by atoms with E-state index < -0.39 is 0 Å². The summed E-state index contributed by atoms with van der Waals surface area (Å²) in [4.78, 5) is 25.6. The molecule has 1 aliphatic carbocycles. The maximum atomic E-state index is 12.9. The molecule has 0 aromatic heterocycles.